The second-order valence-electron chi connectivity index (χ2n) is 7.70. The predicted octanol–water partition coefficient (Wildman–Crippen LogP) is 2.32. The van der Waals surface area contributed by atoms with Gasteiger partial charge in [0.25, 0.3) is 5.56 Å². The molecule has 0 radical (unpaired) electrons. The van der Waals surface area contributed by atoms with Crippen molar-refractivity contribution in [3.8, 4) is 5.88 Å². The maximum absolute atomic E-state index is 12.4. The van der Waals surface area contributed by atoms with Crippen LogP contribution < -0.4 is 15.6 Å². The van der Waals surface area contributed by atoms with Crippen molar-refractivity contribution in [3.05, 3.63) is 63.5 Å². The molecule has 152 valence electrons. The highest BCUT2D eigenvalue weighted by molar-refractivity contribution is 5.43. The third kappa shape index (κ3) is 4.31. The normalized spacial score (nSPS) is 17.9. The quantitative estimate of drug-likeness (QED) is 0.662. The summed E-state index contributed by atoms with van der Waals surface area (Å²) in [6, 6.07) is 9.79. The number of anilines is 1. The lowest BCUT2D eigenvalue weighted by molar-refractivity contribution is 0.278. The van der Waals surface area contributed by atoms with Crippen molar-refractivity contribution < 1.29 is 4.74 Å². The van der Waals surface area contributed by atoms with Gasteiger partial charge >= 0.3 is 0 Å². The summed E-state index contributed by atoms with van der Waals surface area (Å²) in [6.07, 6.45) is 1.06. The summed E-state index contributed by atoms with van der Waals surface area (Å²) in [4.78, 5) is 17.0. The number of ether oxygens (including phenoxy) is 1. The first-order valence-corrected chi connectivity index (χ1v) is 9.79. The largest absolute Gasteiger partial charge is 0.476 e. The van der Waals surface area contributed by atoms with E-state index >= 15 is 0 Å². The predicted molar refractivity (Wildman–Crippen MR) is 110 cm³/mol. The summed E-state index contributed by atoms with van der Waals surface area (Å²) in [7, 11) is 3.52. The molecule has 1 unspecified atom stereocenters. The van der Waals surface area contributed by atoms with Gasteiger partial charge in [-0.15, -0.1) is 5.10 Å². The molecule has 1 N–H and O–H groups in total. The minimum atomic E-state index is -0.190. The second kappa shape index (κ2) is 7.69. The van der Waals surface area contributed by atoms with Crippen LogP contribution in [-0.2, 0) is 20.6 Å². The van der Waals surface area contributed by atoms with Gasteiger partial charge < -0.3 is 10.1 Å². The van der Waals surface area contributed by atoms with Gasteiger partial charge in [-0.05, 0) is 38.5 Å². The summed E-state index contributed by atoms with van der Waals surface area (Å²) in [5.41, 5.74) is 4.37. The fourth-order valence-corrected chi connectivity index (χ4v) is 3.55. The third-order valence-corrected chi connectivity index (χ3v) is 5.26. The van der Waals surface area contributed by atoms with Gasteiger partial charge in [0.15, 0.2) is 0 Å². The van der Waals surface area contributed by atoms with Crippen molar-refractivity contribution in [1.29, 1.82) is 0 Å². The minimum Gasteiger partial charge on any atom is -0.476 e. The molecule has 1 fully saturated rings. The maximum atomic E-state index is 12.4. The zero-order chi connectivity index (χ0) is 20.5. The SMILES string of the molecule is Cc1cccc([C@@H]2CC2COc2cc(NCc3cc(C)nn3C)c(=O)n(C)n2)n1. The van der Waals surface area contributed by atoms with E-state index in [0.717, 1.165) is 29.2 Å². The average Bonchev–Trinajstić information content (AvgIpc) is 3.39. The zero-order valence-corrected chi connectivity index (χ0v) is 17.2. The van der Waals surface area contributed by atoms with E-state index in [4.69, 9.17) is 4.74 Å². The summed E-state index contributed by atoms with van der Waals surface area (Å²) in [5.74, 6) is 1.31. The van der Waals surface area contributed by atoms with Crippen LogP contribution >= 0.6 is 0 Å². The van der Waals surface area contributed by atoms with Gasteiger partial charge in [-0.25, -0.2) is 4.68 Å². The molecule has 0 aromatic carbocycles. The van der Waals surface area contributed by atoms with Crippen molar-refractivity contribution in [1.82, 2.24) is 24.5 Å². The lowest BCUT2D eigenvalue weighted by Gasteiger charge is -2.11. The zero-order valence-electron chi connectivity index (χ0n) is 17.2. The van der Waals surface area contributed by atoms with Crippen LogP contribution in [0.1, 0.15) is 35.1 Å². The standard InChI is InChI=1S/C21H26N6O2/c1-13-6-5-7-18(23-13)17-9-15(17)12-29-20-10-19(21(28)27(4)25-20)22-11-16-8-14(2)24-26(16)3/h5-8,10,15,17,22H,9,11-12H2,1-4H3/t15?,17-/m1/s1. The van der Waals surface area contributed by atoms with E-state index in [1.54, 1.807) is 17.8 Å². The average molecular weight is 394 g/mol. The van der Waals surface area contributed by atoms with E-state index in [1.807, 2.05) is 39.1 Å². The first-order chi connectivity index (χ1) is 13.9. The number of hydrogen-bond donors (Lipinski definition) is 1. The number of nitrogens with one attached hydrogen (secondary N) is 1. The van der Waals surface area contributed by atoms with Gasteiger partial charge in [-0.3, -0.25) is 14.5 Å². The van der Waals surface area contributed by atoms with Gasteiger partial charge in [0.2, 0.25) is 5.88 Å². The molecule has 0 saturated heterocycles. The van der Waals surface area contributed by atoms with E-state index in [1.165, 1.54) is 4.68 Å². The summed E-state index contributed by atoms with van der Waals surface area (Å²) in [6.45, 7) is 5.01. The van der Waals surface area contributed by atoms with E-state index < -0.39 is 0 Å². The molecule has 0 spiro atoms. The number of aryl methyl sites for hydroxylation is 4. The van der Waals surface area contributed by atoms with E-state index in [2.05, 4.69) is 26.6 Å². The Balaban J connectivity index is 1.40. The molecule has 1 aliphatic carbocycles. The topological polar surface area (TPSA) is 86.9 Å². The molecule has 2 atom stereocenters. The van der Waals surface area contributed by atoms with Gasteiger partial charge in [0.1, 0.15) is 5.69 Å². The van der Waals surface area contributed by atoms with E-state index in [-0.39, 0.29) is 5.56 Å². The highest BCUT2D eigenvalue weighted by Crippen LogP contribution is 2.46. The Bertz CT molecular complexity index is 1090. The minimum absolute atomic E-state index is 0.190. The van der Waals surface area contributed by atoms with E-state index in [9.17, 15) is 4.79 Å². The van der Waals surface area contributed by atoms with Crippen molar-refractivity contribution in [2.45, 2.75) is 32.7 Å². The van der Waals surface area contributed by atoms with Gasteiger partial charge in [-0.1, -0.05) is 6.07 Å². The first-order valence-electron chi connectivity index (χ1n) is 9.79. The Morgan fingerprint density at radius 3 is 2.69 bits per heavy atom. The van der Waals surface area contributed by atoms with Crippen LogP contribution in [0.4, 0.5) is 5.69 Å². The molecular weight excluding hydrogens is 368 g/mol. The molecule has 0 bridgehead atoms. The monoisotopic (exact) mass is 394 g/mol. The third-order valence-electron chi connectivity index (χ3n) is 5.26. The van der Waals surface area contributed by atoms with Crippen molar-refractivity contribution in [2.75, 3.05) is 11.9 Å². The fourth-order valence-electron chi connectivity index (χ4n) is 3.55. The van der Waals surface area contributed by atoms with Crippen LogP contribution in [0.2, 0.25) is 0 Å². The molecule has 0 aliphatic heterocycles. The molecule has 3 aromatic rings. The van der Waals surface area contributed by atoms with Crippen LogP contribution in [0.25, 0.3) is 0 Å². The molecule has 4 rings (SSSR count). The highest BCUT2D eigenvalue weighted by Gasteiger charge is 2.40. The second-order valence-corrected chi connectivity index (χ2v) is 7.70. The molecule has 3 heterocycles. The smallest absolute Gasteiger partial charge is 0.290 e. The Hall–Kier alpha value is -3.16. The first kappa shape index (κ1) is 19.2. The molecular formula is C21H26N6O2. The molecule has 0 amide bonds. The van der Waals surface area contributed by atoms with Gasteiger partial charge in [0, 0.05) is 43.4 Å². The summed E-state index contributed by atoms with van der Waals surface area (Å²) < 4.78 is 9.02. The van der Waals surface area contributed by atoms with Crippen LogP contribution in [0.5, 0.6) is 5.88 Å². The number of pyridine rings is 1. The Labute approximate surface area is 169 Å². The van der Waals surface area contributed by atoms with Gasteiger partial charge in [0.05, 0.1) is 24.5 Å². The lowest BCUT2D eigenvalue weighted by Crippen LogP contribution is -2.24. The van der Waals surface area contributed by atoms with Gasteiger partial charge in [-0.2, -0.15) is 5.10 Å². The number of hydrogen-bond acceptors (Lipinski definition) is 6. The molecule has 3 aromatic heterocycles. The van der Waals surface area contributed by atoms with Crippen molar-refractivity contribution in [2.24, 2.45) is 20.0 Å². The lowest BCUT2D eigenvalue weighted by atomic mass is 10.2. The van der Waals surface area contributed by atoms with Crippen LogP contribution in [0, 0.1) is 19.8 Å². The van der Waals surface area contributed by atoms with Crippen LogP contribution in [0.15, 0.2) is 35.1 Å². The molecule has 8 heteroatoms. The number of rotatable bonds is 7. The molecule has 8 nitrogen and oxygen atoms in total. The summed E-state index contributed by atoms with van der Waals surface area (Å²) in [5, 5.41) is 11.7. The van der Waals surface area contributed by atoms with Crippen LogP contribution in [-0.4, -0.2) is 31.2 Å². The van der Waals surface area contributed by atoms with Crippen molar-refractivity contribution in [3.63, 3.8) is 0 Å². The fraction of sp³-hybridized carbons (Fsp3) is 0.429. The Morgan fingerprint density at radius 1 is 1.14 bits per heavy atom. The van der Waals surface area contributed by atoms with Crippen molar-refractivity contribution >= 4 is 5.69 Å². The maximum Gasteiger partial charge on any atom is 0.290 e. The number of nitrogens with zero attached hydrogens (tertiary/aromatic N) is 5. The summed E-state index contributed by atoms with van der Waals surface area (Å²) >= 11 is 0. The molecule has 1 aliphatic rings. The Kier molecular flexibility index (Phi) is 5.08. The Morgan fingerprint density at radius 2 is 1.97 bits per heavy atom. The molecule has 29 heavy (non-hydrogen) atoms. The van der Waals surface area contributed by atoms with E-state index in [0.29, 0.717) is 36.6 Å². The van der Waals surface area contributed by atoms with Crippen LogP contribution in [0.3, 0.4) is 0 Å². The highest BCUT2D eigenvalue weighted by atomic mass is 16.5. The number of aromatic nitrogens is 5. The molecule has 1 saturated carbocycles.